The minimum Gasteiger partial charge on any atom is -0.465 e. The number of carbonyl (C=O) groups is 1. The van der Waals surface area contributed by atoms with Gasteiger partial charge in [0.15, 0.2) is 11.5 Å². The van der Waals surface area contributed by atoms with E-state index >= 15 is 0 Å². The molecule has 0 aliphatic rings. The lowest BCUT2D eigenvalue weighted by Gasteiger charge is -2.14. The Labute approximate surface area is 195 Å². The number of benzene rings is 1. The SMILES string of the molecule is CCOC(=O)C(Cc1c[nH]cn1)c1nnc2c(Cc3ccccc3)nc(-c3cccnc3)cn12. The molecule has 170 valence electrons. The molecular weight excluding hydrogens is 430 g/mol. The van der Waals surface area contributed by atoms with E-state index in [-0.39, 0.29) is 12.6 Å². The molecule has 5 aromatic rings. The van der Waals surface area contributed by atoms with Gasteiger partial charge in [-0.15, -0.1) is 10.2 Å². The molecule has 0 amide bonds. The normalized spacial score (nSPS) is 12.0. The molecule has 1 unspecified atom stereocenters. The van der Waals surface area contributed by atoms with Crippen LogP contribution in [0.4, 0.5) is 0 Å². The van der Waals surface area contributed by atoms with E-state index in [1.807, 2.05) is 53.1 Å². The molecule has 0 saturated heterocycles. The number of fused-ring (bicyclic) bond motifs is 1. The lowest BCUT2D eigenvalue weighted by Crippen LogP contribution is -2.21. The van der Waals surface area contributed by atoms with Gasteiger partial charge in [0.25, 0.3) is 0 Å². The number of carbonyl (C=O) groups excluding carboxylic acids is 1. The summed E-state index contributed by atoms with van der Waals surface area (Å²) in [6.07, 6.45) is 9.59. The Morgan fingerprint density at radius 3 is 2.76 bits per heavy atom. The van der Waals surface area contributed by atoms with Crippen LogP contribution in [0.2, 0.25) is 0 Å². The van der Waals surface area contributed by atoms with E-state index in [4.69, 9.17) is 9.72 Å². The number of aromatic amines is 1. The first-order valence-corrected chi connectivity index (χ1v) is 11.1. The van der Waals surface area contributed by atoms with Crippen molar-refractivity contribution in [2.24, 2.45) is 0 Å². The van der Waals surface area contributed by atoms with E-state index in [2.05, 4.69) is 25.1 Å². The van der Waals surface area contributed by atoms with Gasteiger partial charge in [0.2, 0.25) is 0 Å². The van der Waals surface area contributed by atoms with Gasteiger partial charge < -0.3 is 9.72 Å². The topological polar surface area (TPSA) is 111 Å². The van der Waals surface area contributed by atoms with Crippen LogP contribution in [-0.2, 0) is 22.4 Å². The predicted octanol–water partition coefficient (Wildman–Crippen LogP) is 3.39. The molecule has 1 atom stereocenters. The van der Waals surface area contributed by atoms with Crippen LogP contribution in [0, 0.1) is 0 Å². The van der Waals surface area contributed by atoms with Gasteiger partial charge in [0.05, 0.1) is 30.0 Å². The monoisotopic (exact) mass is 453 g/mol. The average Bonchev–Trinajstić information content (AvgIpc) is 3.54. The van der Waals surface area contributed by atoms with Crippen LogP contribution in [0.25, 0.3) is 16.9 Å². The first kappa shape index (κ1) is 21.4. The first-order valence-electron chi connectivity index (χ1n) is 11.1. The van der Waals surface area contributed by atoms with Crippen molar-refractivity contribution in [1.29, 1.82) is 0 Å². The standard InChI is InChI=1S/C25H23N7O2/c1-2-34-25(33)20(12-19-14-27-16-28-19)23-30-31-24-21(11-17-7-4-3-5-8-17)29-22(15-32(23)24)18-9-6-10-26-13-18/h3-10,13-16,20H,2,11-12H2,1H3,(H,27,28). The smallest absolute Gasteiger partial charge is 0.317 e. The summed E-state index contributed by atoms with van der Waals surface area (Å²) in [5.74, 6) is -0.561. The lowest BCUT2D eigenvalue weighted by molar-refractivity contribution is -0.145. The second kappa shape index (κ2) is 9.62. The summed E-state index contributed by atoms with van der Waals surface area (Å²) < 4.78 is 7.23. The number of hydrogen-bond donors (Lipinski definition) is 1. The third-order valence-corrected chi connectivity index (χ3v) is 5.51. The van der Waals surface area contributed by atoms with Crippen molar-refractivity contribution < 1.29 is 9.53 Å². The van der Waals surface area contributed by atoms with Crippen molar-refractivity contribution in [3.05, 3.63) is 96.4 Å². The van der Waals surface area contributed by atoms with E-state index in [1.54, 1.807) is 31.8 Å². The van der Waals surface area contributed by atoms with Gasteiger partial charge in [-0.2, -0.15) is 0 Å². The Kier molecular flexibility index (Phi) is 6.07. The van der Waals surface area contributed by atoms with Crippen molar-refractivity contribution in [1.82, 2.24) is 34.5 Å². The third kappa shape index (κ3) is 4.40. The molecule has 0 fully saturated rings. The zero-order valence-corrected chi connectivity index (χ0v) is 18.6. The molecule has 34 heavy (non-hydrogen) atoms. The van der Waals surface area contributed by atoms with Crippen molar-refractivity contribution in [2.45, 2.75) is 25.7 Å². The van der Waals surface area contributed by atoms with E-state index in [0.717, 1.165) is 28.2 Å². The van der Waals surface area contributed by atoms with Crippen molar-refractivity contribution in [3.8, 4) is 11.3 Å². The second-order valence-corrected chi connectivity index (χ2v) is 7.80. The number of imidazole rings is 1. The molecule has 1 N–H and O–H groups in total. The number of esters is 1. The molecule has 4 aromatic heterocycles. The van der Waals surface area contributed by atoms with Crippen LogP contribution in [-0.4, -0.2) is 47.1 Å². The van der Waals surface area contributed by atoms with Crippen LogP contribution in [0.5, 0.6) is 0 Å². The number of rotatable bonds is 8. The van der Waals surface area contributed by atoms with Crippen LogP contribution in [0.3, 0.4) is 0 Å². The maximum Gasteiger partial charge on any atom is 0.317 e. The number of H-pyrrole nitrogens is 1. The van der Waals surface area contributed by atoms with Gasteiger partial charge >= 0.3 is 5.97 Å². The van der Waals surface area contributed by atoms with E-state index in [0.29, 0.717) is 24.3 Å². The van der Waals surface area contributed by atoms with Gasteiger partial charge in [-0.1, -0.05) is 30.3 Å². The number of nitrogens with one attached hydrogen (secondary N) is 1. The van der Waals surface area contributed by atoms with Crippen molar-refractivity contribution in [3.63, 3.8) is 0 Å². The minimum absolute atomic E-state index is 0.272. The molecule has 0 aliphatic carbocycles. The number of aromatic nitrogens is 7. The number of ether oxygens (including phenoxy) is 1. The number of nitrogens with zero attached hydrogens (tertiary/aromatic N) is 6. The average molecular weight is 454 g/mol. The minimum atomic E-state index is -0.674. The first-order chi connectivity index (χ1) is 16.7. The van der Waals surface area contributed by atoms with Crippen LogP contribution < -0.4 is 0 Å². The maximum atomic E-state index is 13.0. The molecule has 1 aromatic carbocycles. The molecule has 9 heteroatoms. The fraction of sp³-hybridized carbons (Fsp3) is 0.200. The van der Waals surface area contributed by atoms with Gasteiger partial charge in [-0.25, -0.2) is 9.97 Å². The fourth-order valence-corrected chi connectivity index (χ4v) is 3.91. The second-order valence-electron chi connectivity index (χ2n) is 7.80. The van der Waals surface area contributed by atoms with Crippen molar-refractivity contribution in [2.75, 3.05) is 6.61 Å². The quantitative estimate of drug-likeness (QED) is 0.359. The van der Waals surface area contributed by atoms with E-state index < -0.39 is 5.92 Å². The van der Waals surface area contributed by atoms with Gasteiger partial charge in [-0.05, 0) is 24.6 Å². The summed E-state index contributed by atoms with van der Waals surface area (Å²) in [5.41, 5.74) is 4.77. The highest BCUT2D eigenvalue weighted by atomic mass is 16.5. The highest BCUT2D eigenvalue weighted by Gasteiger charge is 2.29. The molecule has 4 heterocycles. The molecule has 0 aliphatic heterocycles. The highest BCUT2D eigenvalue weighted by molar-refractivity contribution is 5.78. The number of pyridine rings is 1. The molecule has 0 saturated carbocycles. The summed E-state index contributed by atoms with van der Waals surface area (Å²) in [7, 11) is 0. The van der Waals surface area contributed by atoms with Crippen LogP contribution in [0.1, 0.15) is 35.6 Å². The van der Waals surface area contributed by atoms with E-state index in [9.17, 15) is 4.79 Å². The Balaban J connectivity index is 1.66. The van der Waals surface area contributed by atoms with Gasteiger partial charge in [-0.3, -0.25) is 14.2 Å². The molecular formula is C25H23N7O2. The Hall–Kier alpha value is -4.40. The summed E-state index contributed by atoms with van der Waals surface area (Å²) in [5, 5.41) is 8.88. The Morgan fingerprint density at radius 2 is 2.03 bits per heavy atom. The van der Waals surface area contributed by atoms with Crippen LogP contribution >= 0.6 is 0 Å². The summed E-state index contributed by atoms with van der Waals surface area (Å²) in [4.78, 5) is 29.3. The zero-order chi connectivity index (χ0) is 23.3. The molecule has 9 nitrogen and oxygen atoms in total. The maximum absolute atomic E-state index is 13.0. The predicted molar refractivity (Wildman–Crippen MR) is 125 cm³/mol. The molecule has 5 rings (SSSR count). The zero-order valence-electron chi connectivity index (χ0n) is 18.6. The Morgan fingerprint density at radius 1 is 1.15 bits per heavy atom. The largest absolute Gasteiger partial charge is 0.465 e. The van der Waals surface area contributed by atoms with Gasteiger partial charge in [0, 0.05) is 43.2 Å². The third-order valence-electron chi connectivity index (χ3n) is 5.51. The summed E-state index contributed by atoms with van der Waals surface area (Å²) in [6, 6.07) is 13.9. The van der Waals surface area contributed by atoms with E-state index in [1.165, 1.54) is 0 Å². The van der Waals surface area contributed by atoms with Gasteiger partial charge in [0.1, 0.15) is 5.92 Å². The molecule has 0 bridgehead atoms. The van der Waals surface area contributed by atoms with Crippen molar-refractivity contribution >= 4 is 11.6 Å². The molecule has 0 spiro atoms. The molecule has 0 radical (unpaired) electrons. The Bertz CT molecular complexity index is 1380. The van der Waals surface area contributed by atoms with Crippen LogP contribution in [0.15, 0.2) is 73.6 Å². The lowest BCUT2D eigenvalue weighted by atomic mass is 10.0. The highest BCUT2D eigenvalue weighted by Crippen LogP contribution is 2.26. The summed E-state index contributed by atoms with van der Waals surface area (Å²) >= 11 is 0. The summed E-state index contributed by atoms with van der Waals surface area (Å²) in [6.45, 7) is 2.06. The fourth-order valence-electron chi connectivity index (χ4n) is 3.91. The number of hydrogen-bond acceptors (Lipinski definition) is 7.